The first kappa shape index (κ1) is 19.4. The van der Waals surface area contributed by atoms with Crippen LogP contribution in [-0.2, 0) is 23.2 Å². The Kier molecular flexibility index (Phi) is 6.76. The van der Waals surface area contributed by atoms with Crippen molar-refractivity contribution < 1.29 is 48.0 Å². The van der Waals surface area contributed by atoms with Gasteiger partial charge in [0.05, 0.1) is 0 Å². The first-order valence-electron chi connectivity index (χ1n) is 8.26. The van der Waals surface area contributed by atoms with Gasteiger partial charge in [-0.15, -0.1) is 0 Å². The molecule has 1 heterocycles. The molecule has 4 heteroatoms. The summed E-state index contributed by atoms with van der Waals surface area (Å²) in [6, 6.07) is 13.9. The van der Waals surface area contributed by atoms with Crippen molar-refractivity contribution in [3.05, 3.63) is 60.2 Å². The van der Waals surface area contributed by atoms with Crippen LogP contribution >= 0.6 is 0 Å². The van der Waals surface area contributed by atoms with Crippen LogP contribution in [0.5, 0.6) is 0 Å². The molecule has 4 rings (SSSR count). The summed E-state index contributed by atoms with van der Waals surface area (Å²) in [6.45, 7) is 2.48. The monoisotopic (exact) mass is 438 g/mol. The van der Waals surface area contributed by atoms with E-state index in [-0.39, 0.29) is 24.8 Å². The van der Waals surface area contributed by atoms with Gasteiger partial charge >= 0.3 is 141 Å². The molecule has 0 N–H and O–H groups in total. The normalized spacial score (nSPS) is 22.7. The smallest absolute Gasteiger partial charge is 1.00 e. The summed E-state index contributed by atoms with van der Waals surface area (Å²) < 4.78 is 3.69. The van der Waals surface area contributed by atoms with E-state index in [1.54, 1.807) is 26.5 Å². The van der Waals surface area contributed by atoms with Gasteiger partial charge in [-0.05, 0) is 0 Å². The Morgan fingerprint density at radius 2 is 1.96 bits per heavy atom. The van der Waals surface area contributed by atoms with Crippen LogP contribution in [0.15, 0.2) is 49.1 Å². The number of hydrogen-bond donors (Lipinski definition) is 0. The second-order valence-electron chi connectivity index (χ2n) is 6.68. The molecule has 0 nitrogen and oxygen atoms in total. The van der Waals surface area contributed by atoms with Crippen molar-refractivity contribution >= 4 is 14.1 Å². The first-order valence-corrected chi connectivity index (χ1v) is 13.4. The molecule has 0 radical (unpaired) electrons. The van der Waals surface area contributed by atoms with Gasteiger partial charge in [-0.1, -0.05) is 0 Å². The maximum Gasteiger partial charge on any atom is -1.00 e. The molecule has 23 heavy (non-hydrogen) atoms. The van der Waals surface area contributed by atoms with Gasteiger partial charge in [0.1, 0.15) is 0 Å². The fourth-order valence-corrected chi connectivity index (χ4v) is 14.8. The summed E-state index contributed by atoms with van der Waals surface area (Å²) in [5, 5.41) is 0. The van der Waals surface area contributed by atoms with Crippen molar-refractivity contribution in [2.45, 2.75) is 43.4 Å². The fourth-order valence-electron chi connectivity index (χ4n) is 4.29. The molecule has 120 valence electrons. The third-order valence-electron chi connectivity index (χ3n) is 5.67. The van der Waals surface area contributed by atoms with E-state index in [0.717, 1.165) is 5.54 Å². The second-order valence-corrected chi connectivity index (χ2v) is 15.3. The van der Waals surface area contributed by atoms with Gasteiger partial charge in [-0.3, -0.25) is 0 Å². The topological polar surface area (TPSA) is 0 Å². The van der Waals surface area contributed by atoms with Crippen molar-refractivity contribution in [2.75, 3.05) is 0 Å². The molecule has 0 spiro atoms. The quantitative estimate of drug-likeness (QED) is 0.553. The number of benzene rings is 1. The summed E-state index contributed by atoms with van der Waals surface area (Å²) >= 11 is -0.537. The van der Waals surface area contributed by atoms with E-state index >= 15 is 0 Å². The Labute approximate surface area is 164 Å². The molecular formula is C19H22Cl2SiZr. The zero-order valence-corrected chi connectivity index (χ0v) is 18.5. The van der Waals surface area contributed by atoms with Crippen molar-refractivity contribution in [1.82, 2.24) is 0 Å². The van der Waals surface area contributed by atoms with E-state index in [2.05, 4.69) is 55.5 Å². The Morgan fingerprint density at radius 3 is 2.57 bits per heavy atom. The van der Waals surface area contributed by atoms with Gasteiger partial charge in [0.15, 0.2) is 0 Å². The predicted octanol–water partition coefficient (Wildman–Crippen LogP) is -0.529. The van der Waals surface area contributed by atoms with Crippen molar-refractivity contribution in [2.24, 2.45) is 0 Å². The largest absolute Gasteiger partial charge is 1.00 e. The fraction of sp³-hybridized carbons (Fsp3) is 0.368. The molecule has 0 bridgehead atoms. The first-order chi connectivity index (χ1) is 10.3. The van der Waals surface area contributed by atoms with Crippen LogP contribution in [0.25, 0.3) is 6.08 Å². The number of rotatable bonds is 4. The zero-order chi connectivity index (χ0) is 14.3. The van der Waals surface area contributed by atoms with Crippen LogP contribution in [0, 0.1) is 0 Å². The van der Waals surface area contributed by atoms with E-state index < -0.39 is 31.3 Å². The predicted molar refractivity (Wildman–Crippen MR) is 89.5 cm³/mol. The van der Waals surface area contributed by atoms with Crippen molar-refractivity contribution in [1.29, 1.82) is 0 Å². The van der Waals surface area contributed by atoms with E-state index in [0.29, 0.717) is 0 Å². The van der Waals surface area contributed by atoms with Gasteiger partial charge in [0.2, 0.25) is 0 Å². The minimum absolute atomic E-state index is 0. The van der Waals surface area contributed by atoms with Gasteiger partial charge < -0.3 is 24.8 Å². The molecular weight excluding hydrogens is 418 g/mol. The third-order valence-corrected chi connectivity index (χ3v) is 15.8. The molecule has 0 amide bonds. The minimum Gasteiger partial charge on any atom is -1.00 e. The van der Waals surface area contributed by atoms with Gasteiger partial charge in [-0.25, -0.2) is 0 Å². The van der Waals surface area contributed by atoms with Gasteiger partial charge in [0, 0.05) is 0 Å². The Bertz CT molecular complexity index is 654. The molecule has 1 atom stereocenters. The van der Waals surface area contributed by atoms with Crippen molar-refractivity contribution in [3.8, 4) is 0 Å². The molecule has 1 aliphatic heterocycles. The molecule has 2 aliphatic carbocycles. The van der Waals surface area contributed by atoms with E-state index in [1.807, 2.05) is 3.28 Å². The van der Waals surface area contributed by atoms with Crippen LogP contribution in [0.3, 0.4) is 0 Å². The SMILES string of the molecule is CC[Si]1(C2[C]([Zr+2][C]3=CC=CC3)=Cc3ccccc32)CCC1.[Cl-].[Cl-]. The maximum atomic E-state index is 2.61. The van der Waals surface area contributed by atoms with Crippen LogP contribution < -0.4 is 24.8 Å². The summed E-state index contributed by atoms with van der Waals surface area (Å²) in [5.41, 5.74) is 4.14. The number of hydrogen-bond acceptors (Lipinski definition) is 0. The van der Waals surface area contributed by atoms with E-state index in [1.165, 1.54) is 18.9 Å². The second kappa shape index (κ2) is 8.00. The Hall–Kier alpha value is 0.120. The summed E-state index contributed by atoms with van der Waals surface area (Å²) in [7, 11) is -1.04. The van der Waals surface area contributed by atoms with E-state index in [4.69, 9.17) is 0 Å². The Morgan fingerprint density at radius 1 is 1.17 bits per heavy atom. The average molecular weight is 441 g/mol. The van der Waals surface area contributed by atoms with E-state index in [9.17, 15) is 0 Å². The molecule has 1 saturated heterocycles. The van der Waals surface area contributed by atoms with Gasteiger partial charge in [-0.2, -0.15) is 0 Å². The summed E-state index contributed by atoms with van der Waals surface area (Å²) in [6.07, 6.45) is 12.4. The zero-order valence-electron chi connectivity index (χ0n) is 13.5. The molecule has 1 aromatic carbocycles. The summed E-state index contributed by atoms with van der Waals surface area (Å²) in [4.78, 5) is 0. The molecule has 0 aromatic heterocycles. The number of allylic oxidation sites excluding steroid dienone is 5. The average Bonchev–Trinajstić information content (AvgIpc) is 3.08. The van der Waals surface area contributed by atoms with Crippen LogP contribution in [-0.4, -0.2) is 8.07 Å². The van der Waals surface area contributed by atoms with Crippen LogP contribution in [0.4, 0.5) is 0 Å². The van der Waals surface area contributed by atoms with Crippen LogP contribution in [0.1, 0.15) is 36.4 Å². The minimum atomic E-state index is -1.04. The molecule has 3 aliphatic rings. The number of halogens is 2. The molecule has 0 saturated carbocycles. The number of fused-ring (bicyclic) bond motifs is 1. The van der Waals surface area contributed by atoms with Gasteiger partial charge in [0.25, 0.3) is 0 Å². The standard InChI is InChI=1S/C14H17Si.C5H5.2ClH.Zr/c1-2-15(10-5-11-15)14-9-8-12-6-3-4-7-13(12)14;1-2-4-5-3-1;;;/h3-4,6-8,14H,2,5,10-11H2,1H3;1-3H,4H2;2*1H;/q;;;;+2/p-2. The molecule has 1 aromatic rings. The molecule has 1 unspecified atom stereocenters. The summed E-state index contributed by atoms with van der Waals surface area (Å²) in [5.74, 6) is 0. The molecule has 1 fully saturated rings. The Balaban J connectivity index is 0.000000960. The van der Waals surface area contributed by atoms with Crippen LogP contribution in [0.2, 0.25) is 18.1 Å². The maximum absolute atomic E-state index is 2.61. The third kappa shape index (κ3) is 3.43. The van der Waals surface area contributed by atoms with Crippen molar-refractivity contribution in [3.63, 3.8) is 0 Å².